The lowest BCUT2D eigenvalue weighted by Crippen LogP contribution is -1.96. The number of nitrogens with two attached hydrogens (primary N) is 1. The second-order valence-electron chi connectivity index (χ2n) is 4.38. The zero-order chi connectivity index (χ0) is 13.8. The fraction of sp³-hybridized carbons (Fsp3) is 0.200. The Balaban J connectivity index is 2.21. The van der Waals surface area contributed by atoms with Crippen LogP contribution in [0, 0.1) is 13.8 Å². The van der Waals surface area contributed by atoms with Gasteiger partial charge in [-0.15, -0.1) is 0 Å². The summed E-state index contributed by atoms with van der Waals surface area (Å²) in [5.41, 5.74) is 10.1. The number of hydrogen-bond donors (Lipinski definition) is 2. The first kappa shape index (κ1) is 13.6. The molecule has 2 aromatic rings. The van der Waals surface area contributed by atoms with Crippen molar-refractivity contribution in [2.45, 2.75) is 18.7 Å². The molecule has 0 aromatic heterocycles. The van der Waals surface area contributed by atoms with Crippen molar-refractivity contribution >= 4 is 23.3 Å². The fourth-order valence-corrected chi connectivity index (χ4v) is 2.84. The Morgan fingerprint density at radius 3 is 2.42 bits per heavy atom. The molecule has 2 aromatic carbocycles. The quantitative estimate of drug-likeness (QED) is 0.653. The number of nitrogen functional groups attached to an aromatic ring is 1. The zero-order valence-electron chi connectivity index (χ0n) is 11.4. The lowest BCUT2D eigenvalue weighted by atomic mass is 10.1. The van der Waals surface area contributed by atoms with Gasteiger partial charge < -0.3 is 15.2 Å². The average Bonchev–Trinajstić information content (AvgIpc) is 2.38. The Morgan fingerprint density at radius 2 is 1.79 bits per heavy atom. The highest BCUT2D eigenvalue weighted by atomic mass is 32.2. The van der Waals surface area contributed by atoms with Gasteiger partial charge in [-0.2, -0.15) is 0 Å². The first-order valence-electron chi connectivity index (χ1n) is 6.04. The van der Waals surface area contributed by atoms with Gasteiger partial charge in [-0.1, -0.05) is 18.2 Å². The Hall–Kier alpha value is -1.81. The lowest BCUT2D eigenvalue weighted by molar-refractivity contribution is 0.405. The maximum Gasteiger partial charge on any atom is 0.134 e. The second kappa shape index (κ2) is 5.89. The number of ether oxygens (including phenoxy) is 1. The van der Waals surface area contributed by atoms with Gasteiger partial charge in [-0.05, 0) is 55.1 Å². The predicted octanol–water partition coefficient (Wildman–Crippen LogP) is 4.01. The Kier molecular flexibility index (Phi) is 4.22. The first-order valence-corrected chi connectivity index (χ1v) is 6.86. The van der Waals surface area contributed by atoms with Crippen molar-refractivity contribution in [3.63, 3.8) is 0 Å². The van der Waals surface area contributed by atoms with E-state index in [1.54, 1.807) is 7.11 Å². The van der Waals surface area contributed by atoms with E-state index in [-0.39, 0.29) is 0 Å². The smallest absolute Gasteiger partial charge is 0.134 e. The number of anilines is 2. The van der Waals surface area contributed by atoms with Gasteiger partial charge in [0, 0.05) is 5.69 Å². The molecule has 0 fully saturated rings. The molecular formula is C15H18N2OS. The molecule has 3 nitrogen and oxygen atoms in total. The fourth-order valence-electron chi connectivity index (χ4n) is 1.85. The van der Waals surface area contributed by atoms with Crippen molar-refractivity contribution in [2.24, 2.45) is 0 Å². The third kappa shape index (κ3) is 3.15. The van der Waals surface area contributed by atoms with E-state index in [1.807, 2.05) is 18.2 Å². The van der Waals surface area contributed by atoms with Crippen LogP contribution in [0.1, 0.15) is 11.1 Å². The van der Waals surface area contributed by atoms with Crippen molar-refractivity contribution < 1.29 is 4.74 Å². The van der Waals surface area contributed by atoms with E-state index in [2.05, 4.69) is 36.8 Å². The van der Waals surface area contributed by atoms with Gasteiger partial charge in [0.1, 0.15) is 5.75 Å². The van der Waals surface area contributed by atoms with E-state index in [4.69, 9.17) is 10.5 Å². The van der Waals surface area contributed by atoms with E-state index in [9.17, 15) is 0 Å². The molecule has 0 spiro atoms. The van der Waals surface area contributed by atoms with Crippen LogP contribution in [0.25, 0.3) is 0 Å². The summed E-state index contributed by atoms with van der Waals surface area (Å²) in [5, 5.41) is 0. The molecule has 0 aliphatic heterocycles. The Morgan fingerprint density at radius 1 is 1.11 bits per heavy atom. The molecule has 4 heteroatoms. The van der Waals surface area contributed by atoms with Gasteiger partial charge in [-0.3, -0.25) is 0 Å². The molecule has 100 valence electrons. The maximum absolute atomic E-state index is 5.81. The minimum Gasteiger partial charge on any atom is -0.496 e. The van der Waals surface area contributed by atoms with Crippen LogP contribution < -0.4 is 15.2 Å². The Bertz CT molecular complexity index is 564. The molecule has 0 radical (unpaired) electrons. The largest absolute Gasteiger partial charge is 0.496 e. The highest BCUT2D eigenvalue weighted by Crippen LogP contribution is 2.33. The Labute approximate surface area is 118 Å². The van der Waals surface area contributed by atoms with Gasteiger partial charge in [0.05, 0.1) is 17.7 Å². The summed E-state index contributed by atoms with van der Waals surface area (Å²) in [6.07, 6.45) is 0. The van der Waals surface area contributed by atoms with Crippen LogP contribution in [0.2, 0.25) is 0 Å². The average molecular weight is 274 g/mol. The molecule has 0 amide bonds. The molecule has 0 saturated heterocycles. The van der Waals surface area contributed by atoms with Gasteiger partial charge in [0.15, 0.2) is 0 Å². The maximum atomic E-state index is 5.81. The molecule has 0 aliphatic carbocycles. The molecule has 0 bridgehead atoms. The monoisotopic (exact) mass is 274 g/mol. The molecule has 0 aliphatic rings. The van der Waals surface area contributed by atoms with E-state index >= 15 is 0 Å². The number of aryl methyl sites for hydroxylation is 2. The standard InChI is InChI=1S/C15H18N2OS/c1-10-5-4-6-11(2)15(10)17-19-14-9-12(16)7-8-13(14)18-3/h4-9,17H,16H2,1-3H3. The van der Waals surface area contributed by atoms with Crippen LogP contribution >= 0.6 is 11.9 Å². The van der Waals surface area contributed by atoms with Gasteiger partial charge >= 0.3 is 0 Å². The molecule has 0 heterocycles. The molecular weight excluding hydrogens is 256 g/mol. The summed E-state index contributed by atoms with van der Waals surface area (Å²) < 4.78 is 8.71. The van der Waals surface area contributed by atoms with Crippen LogP contribution in [0.3, 0.4) is 0 Å². The van der Waals surface area contributed by atoms with E-state index in [1.165, 1.54) is 23.1 Å². The van der Waals surface area contributed by atoms with E-state index < -0.39 is 0 Å². The van der Waals surface area contributed by atoms with Gasteiger partial charge in [0.25, 0.3) is 0 Å². The van der Waals surface area contributed by atoms with Crippen molar-refractivity contribution in [3.8, 4) is 5.75 Å². The topological polar surface area (TPSA) is 47.3 Å². The lowest BCUT2D eigenvalue weighted by Gasteiger charge is -2.13. The van der Waals surface area contributed by atoms with Crippen LogP contribution in [0.5, 0.6) is 5.75 Å². The first-order chi connectivity index (χ1) is 9.11. The summed E-state index contributed by atoms with van der Waals surface area (Å²) in [6.45, 7) is 4.18. The number of rotatable bonds is 4. The highest BCUT2D eigenvalue weighted by Gasteiger charge is 2.07. The van der Waals surface area contributed by atoms with Crippen LogP contribution in [0.4, 0.5) is 11.4 Å². The normalized spacial score (nSPS) is 10.3. The molecule has 3 N–H and O–H groups in total. The van der Waals surface area contributed by atoms with Crippen molar-refractivity contribution in [1.29, 1.82) is 0 Å². The zero-order valence-corrected chi connectivity index (χ0v) is 12.2. The van der Waals surface area contributed by atoms with Gasteiger partial charge in [0.2, 0.25) is 0 Å². The molecule has 19 heavy (non-hydrogen) atoms. The molecule has 0 saturated carbocycles. The van der Waals surface area contributed by atoms with E-state index in [0.717, 1.165) is 22.0 Å². The van der Waals surface area contributed by atoms with Crippen LogP contribution in [-0.4, -0.2) is 7.11 Å². The van der Waals surface area contributed by atoms with E-state index in [0.29, 0.717) is 0 Å². The minimum absolute atomic E-state index is 0.728. The molecule has 0 atom stereocenters. The minimum atomic E-state index is 0.728. The second-order valence-corrected chi connectivity index (χ2v) is 5.23. The van der Waals surface area contributed by atoms with Crippen LogP contribution in [-0.2, 0) is 0 Å². The molecule has 2 rings (SSSR count). The number of benzene rings is 2. The number of para-hydroxylation sites is 1. The summed E-state index contributed by atoms with van der Waals surface area (Å²) in [5.74, 6) is 0.818. The van der Waals surface area contributed by atoms with Crippen LogP contribution in [0.15, 0.2) is 41.3 Å². The van der Waals surface area contributed by atoms with Crippen molar-refractivity contribution in [3.05, 3.63) is 47.5 Å². The highest BCUT2D eigenvalue weighted by molar-refractivity contribution is 8.00. The van der Waals surface area contributed by atoms with Crippen molar-refractivity contribution in [1.82, 2.24) is 0 Å². The molecule has 0 unspecified atom stereocenters. The SMILES string of the molecule is COc1ccc(N)cc1SNc1c(C)cccc1C. The van der Waals surface area contributed by atoms with Crippen molar-refractivity contribution in [2.75, 3.05) is 17.6 Å². The number of nitrogens with one attached hydrogen (secondary N) is 1. The summed E-state index contributed by atoms with van der Waals surface area (Å²) in [4.78, 5) is 0.977. The summed E-state index contributed by atoms with van der Waals surface area (Å²) >= 11 is 1.51. The predicted molar refractivity (Wildman–Crippen MR) is 82.8 cm³/mol. The number of hydrogen-bond acceptors (Lipinski definition) is 4. The third-order valence-electron chi connectivity index (χ3n) is 2.93. The van der Waals surface area contributed by atoms with Gasteiger partial charge in [-0.25, -0.2) is 0 Å². The summed E-state index contributed by atoms with van der Waals surface area (Å²) in [7, 11) is 1.66. The third-order valence-corrected chi connectivity index (χ3v) is 3.78. The number of methoxy groups -OCH3 is 1. The summed E-state index contributed by atoms with van der Waals surface area (Å²) in [6, 6.07) is 11.9.